The Morgan fingerprint density at radius 1 is 1.08 bits per heavy atom. The number of halogens is 3. The van der Waals surface area contributed by atoms with Crippen LogP contribution in [0.4, 0.5) is 13.2 Å². The molecule has 3 aromatic rings. The summed E-state index contributed by atoms with van der Waals surface area (Å²) in [5.74, 6) is -1.19. The molecule has 1 aromatic heterocycles. The number of aromatic nitrogens is 2. The van der Waals surface area contributed by atoms with Gasteiger partial charge in [-0.2, -0.15) is 26.7 Å². The van der Waals surface area contributed by atoms with Crippen molar-refractivity contribution in [2.75, 3.05) is 6.26 Å². The first-order chi connectivity index (χ1) is 16.7. The number of Topliss-reactive ketones (excluding diaryl/α,β-unsaturated/α-hetero) is 1. The molecule has 0 unspecified atom stereocenters. The number of H-pyrrole nitrogens is 1. The monoisotopic (exact) mass is 542 g/mol. The SMILES string of the molecule is Cc1ccc(S(=O)(=O)Oc2[nH]nc(C3CC3)c2CC(=O)c2ccc(C(F)(F)F)cc2S(C)(=O)=O)cc1. The van der Waals surface area contributed by atoms with E-state index in [1.807, 2.05) is 0 Å². The van der Waals surface area contributed by atoms with E-state index < -0.39 is 54.4 Å². The fraction of sp³-hybridized carbons (Fsp3) is 0.304. The lowest BCUT2D eigenvalue weighted by Gasteiger charge is -2.13. The van der Waals surface area contributed by atoms with E-state index in [0.717, 1.165) is 24.5 Å². The minimum atomic E-state index is -4.81. The van der Waals surface area contributed by atoms with E-state index in [0.29, 0.717) is 24.1 Å². The van der Waals surface area contributed by atoms with Crippen molar-refractivity contribution in [1.29, 1.82) is 0 Å². The molecule has 0 bridgehead atoms. The van der Waals surface area contributed by atoms with Gasteiger partial charge in [0.25, 0.3) is 0 Å². The molecule has 1 aliphatic carbocycles. The van der Waals surface area contributed by atoms with Gasteiger partial charge in [0.2, 0.25) is 5.88 Å². The molecule has 192 valence electrons. The zero-order chi connectivity index (χ0) is 26.5. The second-order valence-corrected chi connectivity index (χ2v) is 12.2. The van der Waals surface area contributed by atoms with Crippen molar-refractivity contribution < 1.29 is 39.0 Å². The van der Waals surface area contributed by atoms with E-state index in [1.165, 1.54) is 12.1 Å². The summed E-state index contributed by atoms with van der Waals surface area (Å²) >= 11 is 0. The highest BCUT2D eigenvalue weighted by atomic mass is 32.2. The lowest BCUT2D eigenvalue weighted by molar-refractivity contribution is -0.137. The smallest absolute Gasteiger partial charge is 0.358 e. The zero-order valence-electron chi connectivity index (χ0n) is 19.1. The number of hydrogen-bond acceptors (Lipinski definition) is 7. The molecule has 1 N–H and O–H groups in total. The Kier molecular flexibility index (Phi) is 6.50. The van der Waals surface area contributed by atoms with Crippen LogP contribution in [-0.2, 0) is 32.6 Å². The number of carbonyl (C=O) groups excluding carboxylic acids is 1. The van der Waals surface area contributed by atoms with Gasteiger partial charge in [-0.15, -0.1) is 0 Å². The molecule has 1 aliphatic rings. The zero-order valence-corrected chi connectivity index (χ0v) is 20.7. The van der Waals surface area contributed by atoms with Crippen LogP contribution in [0.2, 0.25) is 0 Å². The highest BCUT2D eigenvalue weighted by Gasteiger charge is 2.35. The topological polar surface area (TPSA) is 123 Å². The molecule has 13 heteroatoms. The number of aryl methyl sites for hydroxylation is 1. The predicted molar refractivity (Wildman–Crippen MR) is 122 cm³/mol. The molecule has 1 saturated carbocycles. The number of sulfone groups is 1. The Bertz CT molecular complexity index is 1540. The number of alkyl halides is 3. The van der Waals surface area contributed by atoms with E-state index in [2.05, 4.69) is 10.2 Å². The molecule has 0 aliphatic heterocycles. The lowest BCUT2D eigenvalue weighted by atomic mass is 10.0. The highest BCUT2D eigenvalue weighted by molar-refractivity contribution is 7.90. The van der Waals surface area contributed by atoms with E-state index in [4.69, 9.17) is 4.18 Å². The second-order valence-electron chi connectivity index (χ2n) is 8.62. The maximum Gasteiger partial charge on any atom is 0.416 e. The maximum atomic E-state index is 13.2. The summed E-state index contributed by atoms with van der Waals surface area (Å²) in [6.07, 6.45) is -3.16. The average molecular weight is 543 g/mol. The first-order valence-electron chi connectivity index (χ1n) is 10.7. The van der Waals surface area contributed by atoms with Crippen LogP contribution < -0.4 is 4.18 Å². The summed E-state index contributed by atoms with van der Waals surface area (Å²) in [5.41, 5.74) is -0.325. The van der Waals surface area contributed by atoms with Crippen LogP contribution in [0.15, 0.2) is 52.3 Å². The number of hydrogen-bond donors (Lipinski definition) is 1. The summed E-state index contributed by atoms with van der Waals surface area (Å²) in [5, 5.41) is 6.59. The number of benzene rings is 2. The van der Waals surface area contributed by atoms with E-state index in [9.17, 15) is 34.8 Å². The molecule has 0 radical (unpaired) electrons. The first kappa shape index (κ1) is 25.9. The number of nitrogens with zero attached hydrogens (tertiary/aromatic N) is 1. The second kappa shape index (κ2) is 9.04. The minimum absolute atomic E-state index is 0.0505. The van der Waals surface area contributed by atoms with Gasteiger partial charge >= 0.3 is 16.3 Å². The molecule has 0 amide bonds. The molecule has 2 aromatic carbocycles. The van der Waals surface area contributed by atoms with Gasteiger partial charge in [-0.1, -0.05) is 17.7 Å². The average Bonchev–Trinajstić information content (AvgIpc) is 3.55. The van der Waals surface area contributed by atoms with Crippen molar-refractivity contribution in [3.05, 3.63) is 70.4 Å². The first-order valence-corrected chi connectivity index (χ1v) is 14.0. The number of rotatable bonds is 8. The van der Waals surface area contributed by atoms with Gasteiger partial charge in [0.05, 0.1) is 16.2 Å². The summed E-state index contributed by atoms with van der Waals surface area (Å²) in [6, 6.07) is 7.73. The van der Waals surface area contributed by atoms with E-state index in [1.54, 1.807) is 19.1 Å². The third-order valence-corrected chi connectivity index (χ3v) is 8.05. The molecule has 4 rings (SSSR count). The minimum Gasteiger partial charge on any atom is -0.358 e. The number of nitrogens with one attached hydrogen (secondary N) is 1. The van der Waals surface area contributed by atoms with Gasteiger partial charge < -0.3 is 4.18 Å². The molecule has 0 atom stereocenters. The molecule has 1 heterocycles. The number of aromatic amines is 1. The van der Waals surface area contributed by atoms with Crippen molar-refractivity contribution in [1.82, 2.24) is 10.2 Å². The Labute approximate surface area is 205 Å². The molecule has 0 saturated heterocycles. The maximum absolute atomic E-state index is 13.2. The molecule has 0 spiro atoms. The van der Waals surface area contributed by atoms with Gasteiger partial charge in [-0.05, 0) is 50.1 Å². The van der Waals surface area contributed by atoms with Gasteiger partial charge in [-0.25, -0.2) is 13.5 Å². The molecular weight excluding hydrogens is 521 g/mol. The standard InChI is InChI=1S/C23H21F3N2O6S2/c1-13-3-8-16(9-4-13)36(32,33)34-22-18(21(27-28-22)14-5-6-14)12-19(29)17-10-7-15(23(24,25)26)11-20(17)35(2,30)31/h3-4,7-11,14H,5-6,12H2,1-2H3,(H,27,28). The Morgan fingerprint density at radius 2 is 1.72 bits per heavy atom. The quantitative estimate of drug-likeness (QED) is 0.334. The van der Waals surface area contributed by atoms with Crippen molar-refractivity contribution in [3.63, 3.8) is 0 Å². The van der Waals surface area contributed by atoms with Crippen molar-refractivity contribution >= 4 is 25.7 Å². The van der Waals surface area contributed by atoms with Crippen LogP contribution in [0.5, 0.6) is 5.88 Å². The molecule has 1 fully saturated rings. The van der Waals surface area contributed by atoms with Gasteiger partial charge in [0.1, 0.15) is 4.90 Å². The largest absolute Gasteiger partial charge is 0.416 e. The van der Waals surface area contributed by atoms with E-state index in [-0.39, 0.29) is 22.3 Å². The summed E-state index contributed by atoms with van der Waals surface area (Å²) in [4.78, 5) is 12.3. The number of carbonyl (C=O) groups is 1. The van der Waals surface area contributed by atoms with Gasteiger partial charge in [-0.3, -0.25) is 4.79 Å². The molecule has 8 nitrogen and oxygen atoms in total. The molecular formula is C23H21F3N2O6S2. The fourth-order valence-corrected chi connectivity index (χ4v) is 5.50. The van der Waals surface area contributed by atoms with Crippen LogP contribution in [-0.4, -0.2) is 39.1 Å². The third kappa shape index (κ3) is 5.46. The Morgan fingerprint density at radius 3 is 2.28 bits per heavy atom. The summed E-state index contributed by atoms with van der Waals surface area (Å²) < 4.78 is 94.7. The van der Waals surface area contributed by atoms with Gasteiger partial charge in [0.15, 0.2) is 15.6 Å². The Balaban J connectivity index is 1.71. The molecule has 36 heavy (non-hydrogen) atoms. The highest BCUT2D eigenvalue weighted by Crippen LogP contribution is 2.43. The summed E-state index contributed by atoms with van der Waals surface area (Å²) in [6.45, 7) is 1.78. The third-order valence-electron chi connectivity index (χ3n) is 5.67. The Hall–Kier alpha value is -3.19. The van der Waals surface area contributed by atoms with Crippen molar-refractivity contribution in [2.24, 2.45) is 0 Å². The van der Waals surface area contributed by atoms with Crippen molar-refractivity contribution in [2.45, 2.75) is 48.1 Å². The normalized spacial score (nSPS) is 14.6. The van der Waals surface area contributed by atoms with Gasteiger partial charge in [0, 0.05) is 29.7 Å². The van der Waals surface area contributed by atoms with E-state index >= 15 is 0 Å². The van der Waals surface area contributed by atoms with Crippen LogP contribution in [0.3, 0.4) is 0 Å². The number of ketones is 1. The summed E-state index contributed by atoms with van der Waals surface area (Å²) in [7, 11) is -8.51. The van der Waals surface area contributed by atoms with Crippen LogP contribution >= 0.6 is 0 Å². The van der Waals surface area contributed by atoms with Crippen LogP contribution in [0, 0.1) is 6.92 Å². The fourth-order valence-electron chi connectivity index (χ4n) is 3.65. The van der Waals surface area contributed by atoms with Crippen LogP contribution in [0.25, 0.3) is 0 Å². The van der Waals surface area contributed by atoms with Crippen molar-refractivity contribution in [3.8, 4) is 5.88 Å². The lowest BCUT2D eigenvalue weighted by Crippen LogP contribution is -2.15. The predicted octanol–water partition coefficient (Wildman–Crippen LogP) is 4.21. The van der Waals surface area contributed by atoms with Crippen LogP contribution in [0.1, 0.15) is 51.5 Å².